The summed E-state index contributed by atoms with van der Waals surface area (Å²) in [5.74, 6) is -0.773. The van der Waals surface area contributed by atoms with Crippen LogP contribution in [0.2, 0.25) is 0 Å². The van der Waals surface area contributed by atoms with E-state index in [0.717, 1.165) is 21.7 Å². The number of hydrogen-bond acceptors (Lipinski definition) is 7. The van der Waals surface area contributed by atoms with Crippen LogP contribution in [0.25, 0.3) is 0 Å². The number of amides is 2. The van der Waals surface area contributed by atoms with Crippen LogP contribution >= 0.6 is 11.3 Å². The minimum atomic E-state index is -3.26. The van der Waals surface area contributed by atoms with E-state index in [1.807, 2.05) is 12.1 Å². The molecule has 6 N–H and O–H groups in total. The normalized spacial score (nSPS) is 11.1. The molecule has 3 aromatic rings. The number of aromatic nitrogens is 1. The van der Waals surface area contributed by atoms with Crippen LogP contribution in [0.1, 0.15) is 28.6 Å². The van der Waals surface area contributed by atoms with Crippen molar-refractivity contribution in [3.05, 3.63) is 70.2 Å². The summed E-state index contributed by atoms with van der Waals surface area (Å²) in [5.41, 5.74) is 8.67. The van der Waals surface area contributed by atoms with Gasteiger partial charge in [0.15, 0.2) is 20.9 Å². The van der Waals surface area contributed by atoms with E-state index in [1.165, 1.54) is 24.5 Å². The molecule has 0 fully saturated rings. The molecule has 0 atom stereocenters. The van der Waals surface area contributed by atoms with Gasteiger partial charge in [0.25, 0.3) is 0 Å². The Balaban J connectivity index is 1.68. The number of thiazole rings is 1. The van der Waals surface area contributed by atoms with Crippen molar-refractivity contribution in [2.45, 2.75) is 31.1 Å². The molecule has 0 aliphatic heterocycles. The Bertz CT molecular complexity index is 1350. The number of nitrogens with zero attached hydrogens (tertiary/aromatic N) is 1. The van der Waals surface area contributed by atoms with Gasteiger partial charge in [-0.05, 0) is 48.2 Å². The number of carbonyl (C=O) groups is 2. The average molecular weight is 529 g/mol. The van der Waals surface area contributed by atoms with Gasteiger partial charge in [-0.3, -0.25) is 15.0 Å². The van der Waals surface area contributed by atoms with E-state index in [0.29, 0.717) is 30.1 Å². The highest BCUT2D eigenvalue weighted by Crippen LogP contribution is 2.27. The summed E-state index contributed by atoms with van der Waals surface area (Å²) in [6.07, 6.45) is 3.08. The lowest BCUT2D eigenvalue weighted by Crippen LogP contribution is -2.36. The van der Waals surface area contributed by atoms with Crippen LogP contribution in [0.15, 0.2) is 53.4 Å². The maximum absolute atomic E-state index is 11.9. The van der Waals surface area contributed by atoms with E-state index >= 15 is 0 Å². The Morgan fingerprint density at radius 2 is 1.64 bits per heavy atom. The molecule has 2 aromatic carbocycles. The fourth-order valence-electron chi connectivity index (χ4n) is 3.36. The molecule has 0 unspecified atom stereocenters. The van der Waals surface area contributed by atoms with Crippen LogP contribution in [0.5, 0.6) is 0 Å². The molecule has 3 rings (SSSR count). The van der Waals surface area contributed by atoms with Gasteiger partial charge in [0, 0.05) is 30.2 Å². The number of rotatable bonds is 10. The Hall–Kier alpha value is -3.77. The van der Waals surface area contributed by atoms with Crippen molar-refractivity contribution in [2.75, 3.05) is 23.4 Å². The first kappa shape index (κ1) is 26.8. The largest absolute Gasteiger partial charge is 0.370 e. The summed E-state index contributed by atoms with van der Waals surface area (Å²) in [4.78, 5) is 29.3. The molecule has 0 bridgehead atoms. The third kappa shape index (κ3) is 8.17. The van der Waals surface area contributed by atoms with E-state index in [9.17, 15) is 18.0 Å². The molecule has 0 saturated heterocycles. The van der Waals surface area contributed by atoms with Crippen LogP contribution in [-0.2, 0) is 38.7 Å². The maximum atomic E-state index is 11.9. The first-order valence-electron chi connectivity index (χ1n) is 11.0. The van der Waals surface area contributed by atoms with E-state index in [4.69, 9.17) is 11.1 Å². The molecule has 2 amide bonds. The van der Waals surface area contributed by atoms with E-state index in [2.05, 4.69) is 20.9 Å². The predicted molar refractivity (Wildman–Crippen MR) is 141 cm³/mol. The summed E-state index contributed by atoms with van der Waals surface area (Å²) >= 11 is 1.40. The third-order valence-corrected chi connectivity index (χ3v) is 7.25. The topological polar surface area (TPSA) is 167 Å². The summed E-state index contributed by atoms with van der Waals surface area (Å²) in [5, 5.41) is 15.5. The van der Waals surface area contributed by atoms with Crippen LogP contribution in [0.3, 0.4) is 0 Å². The van der Waals surface area contributed by atoms with Crippen molar-refractivity contribution < 1.29 is 18.0 Å². The lowest BCUT2D eigenvalue weighted by atomic mass is 10.0. The second kappa shape index (κ2) is 11.8. The Morgan fingerprint density at radius 3 is 2.22 bits per heavy atom. The van der Waals surface area contributed by atoms with Gasteiger partial charge in [-0.25, -0.2) is 13.4 Å². The summed E-state index contributed by atoms with van der Waals surface area (Å²) in [6, 6.07) is 14.2. The highest BCUT2D eigenvalue weighted by Gasteiger charge is 2.14. The molecule has 1 heterocycles. The van der Waals surface area contributed by atoms with Gasteiger partial charge in [0.2, 0.25) is 11.8 Å². The lowest BCUT2D eigenvalue weighted by molar-refractivity contribution is -0.115. The lowest BCUT2D eigenvalue weighted by Gasteiger charge is -2.08. The van der Waals surface area contributed by atoms with Gasteiger partial charge >= 0.3 is 0 Å². The zero-order valence-electron chi connectivity index (χ0n) is 19.9. The van der Waals surface area contributed by atoms with Crippen molar-refractivity contribution in [2.24, 2.45) is 5.73 Å². The number of sulfone groups is 1. The molecule has 0 aliphatic rings. The van der Waals surface area contributed by atoms with Gasteiger partial charge in [0.05, 0.1) is 17.1 Å². The number of carbonyl (C=O) groups excluding carboxylic acids is 2. The quantitative estimate of drug-likeness (QED) is 0.199. The number of anilines is 2. The third-order valence-electron chi connectivity index (χ3n) is 5.10. The molecule has 0 aliphatic carbocycles. The van der Waals surface area contributed by atoms with Crippen molar-refractivity contribution >= 4 is 49.8 Å². The van der Waals surface area contributed by atoms with Crippen LogP contribution in [0.4, 0.5) is 10.8 Å². The standard InChI is InChI=1S/C24H28N6O4S2/c1-15(31)28-24-30-20(21(35-24)13-17-5-10-19(11-6-17)36(2,33)34)12-7-16-3-8-18(9-4-16)29-22(32)14-27-23(25)26/h3-6,8-11H,7,12-14H2,1-2H3,(H,29,32)(H4,25,26,27)(H,28,30,31). The molecular weight excluding hydrogens is 500 g/mol. The first-order chi connectivity index (χ1) is 17.0. The number of benzene rings is 2. The monoisotopic (exact) mass is 528 g/mol. The van der Waals surface area contributed by atoms with E-state index in [1.54, 1.807) is 36.4 Å². The molecule has 10 nitrogen and oxygen atoms in total. The average Bonchev–Trinajstić information content (AvgIpc) is 3.17. The van der Waals surface area contributed by atoms with Crippen molar-refractivity contribution in [3.63, 3.8) is 0 Å². The van der Waals surface area contributed by atoms with Gasteiger partial charge in [0.1, 0.15) is 0 Å². The molecule has 0 radical (unpaired) electrons. The zero-order chi connectivity index (χ0) is 26.3. The van der Waals surface area contributed by atoms with Crippen molar-refractivity contribution in [3.8, 4) is 0 Å². The smallest absolute Gasteiger partial charge is 0.243 e. The van der Waals surface area contributed by atoms with E-state index < -0.39 is 9.84 Å². The summed E-state index contributed by atoms with van der Waals surface area (Å²) < 4.78 is 23.5. The highest BCUT2D eigenvalue weighted by atomic mass is 32.2. The van der Waals surface area contributed by atoms with Crippen molar-refractivity contribution in [1.82, 2.24) is 10.3 Å². The van der Waals surface area contributed by atoms with Crippen LogP contribution < -0.4 is 21.7 Å². The molecule has 12 heteroatoms. The fraction of sp³-hybridized carbons (Fsp3) is 0.250. The first-order valence-corrected chi connectivity index (χ1v) is 13.7. The highest BCUT2D eigenvalue weighted by molar-refractivity contribution is 7.90. The van der Waals surface area contributed by atoms with Gasteiger partial charge in [-0.15, -0.1) is 11.3 Å². The van der Waals surface area contributed by atoms with Crippen molar-refractivity contribution in [1.29, 1.82) is 5.41 Å². The van der Waals surface area contributed by atoms with Crippen LogP contribution in [-0.4, -0.2) is 44.0 Å². The molecule has 1 aromatic heterocycles. The van der Waals surface area contributed by atoms with E-state index in [-0.39, 0.29) is 29.2 Å². The minimum Gasteiger partial charge on any atom is -0.370 e. The number of hydrogen-bond donors (Lipinski definition) is 5. The van der Waals surface area contributed by atoms with Gasteiger partial charge < -0.3 is 21.7 Å². The second-order valence-electron chi connectivity index (χ2n) is 8.18. The molecule has 0 saturated carbocycles. The number of nitrogens with one attached hydrogen (secondary N) is 4. The summed E-state index contributed by atoms with van der Waals surface area (Å²) in [6.45, 7) is 1.35. The number of aryl methyl sites for hydroxylation is 2. The predicted octanol–water partition coefficient (Wildman–Crippen LogP) is 2.30. The maximum Gasteiger partial charge on any atom is 0.243 e. The number of guanidine groups is 1. The molecule has 36 heavy (non-hydrogen) atoms. The SMILES string of the molecule is CC(=O)Nc1nc(CCc2ccc(NC(=O)CNC(=N)N)cc2)c(Cc2ccc(S(C)(=O)=O)cc2)s1. The second-order valence-corrected chi connectivity index (χ2v) is 11.3. The Kier molecular flexibility index (Phi) is 8.78. The molecular formula is C24H28N6O4S2. The minimum absolute atomic E-state index is 0.0860. The fourth-order valence-corrected chi connectivity index (χ4v) is 5.08. The number of nitrogens with two attached hydrogens (primary N) is 1. The zero-order valence-corrected chi connectivity index (χ0v) is 21.6. The van der Waals surface area contributed by atoms with Crippen LogP contribution in [0, 0.1) is 5.41 Å². The van der Waals surface area contributed by atoms with Gasteiger partial charge in [-0.1, -0.05) is 24.3 Å². The molecule has 190 valence electrons. The van der Waals surface area contributed by atoms with Gasteiger partial charge in [-0.2, -0.15) is 0 Å². The Morgan fingerprint density at radius 1 is 1.00 bits per heavy atom. The Labute approximate surface area is 213 Å². The summed E-state index contributed by atoms with van der Waals surface area (Å²) in [7, 11) is -3.26. The molecule has 0 spiro atoms.